The highest BCUT2D eigenvalue weighted by atomic mass is 127. The molecule has 1 aliphatic carbocycles. The highest BCUT2D eigenvalue weighted by Crippen LogP contribution is 2.22. The van der Waals surface area contributed by atoms with E-state index in [1.54, 1.807) is 0 Å². The van der Waals surface area contributed by atoms with Crippen LogP contribution in [0.25, 0.3) is 0 Å². The SMILES string of the molecule is CCS(=O)C1CCCC(NC(=NC)NCCCN2CCCN(C)CC2)C1.I. The van der Waals surface area contributed by atoms with E-state index < -0.39 is 10.8 Å². The van der Waals surface area contributed by atoms with E-state index in [-0.39, 0.29) is 24.0 Å². The monoisotopic (exact) mass is 513 g/mol. The first-order valence-corrected chi connectivity index (χ1v) is 11.8. The van der Waals surface area contributed by atoms with Crippen LogP contribution in [-0.2, 0) is 10.8 Å². The van der Waals surface area contributed by atoms with Gasteiger partial charge in [-0.2, -0.15) is 0 Å². The largest absolute Gasteiger partial charge is 0.356 e. The Kier molecular flexibility index (Phi) is 13.1. The molecule has 1 heterocycles. The van der Waals surface area contributed by atoms with Crippen LogP contribution in [0.1, 0.15) is 45.4 Å². The summed E-state index contributed by atoms with van der Waals surface area (Å²) in [5.74, 6) is 1.67. The second-order valence-electron chi connectivity index (χ2n) is 7.65. The number of hydrogen-bond donors (Lipinski definition) is 2. The molecule has 1 saturated carbocycles. The van der Waals surface area contributed by atoms with E-state index in [9.17, 15) is 4.21 Å². The molecule has 0 aromatic rings. The Labute approximate surface area is 185 Å². The smallest absolute Gasteiger partial charge is 0.191 e. The third kappa shape index (κ3) is 9.41. The molecule has 1 aliphatic heterocycles. The summed E-state index contributed by atoms with van der Waals surface area (Å²) in [6, 6.07) is 0.400. The Hall–Kier alpha value is 0.0700. The zero-order chi connectivity index (χ0) is 18.8. The summed E-state index contributed by atoms with van der Waals surface area (Å²) >= 11 is 0. The van der Waals surface area contributed by atoms with Crippen LogP contribution >= 0.6 is 24.0 Å². The molecule has 0 aromatic carbocycles. The van der Waals surface area contributed by atoms with E-state index in [1.165, 1.54) is 32.6 Å². The van der Waals surface area contributed by atoms with Gasteiger partial charge in [-0.3, -0.25) is 9.20 Å². The third-order valence-corrected chi connectivity index (χ3v) is 7.34. The molecular weight excluding hydrogens is 473 g/mol. The lowest BCUT2D eigenvalue weighted by molar-refractivity contribution is 0.273. The van der Waals surface area contributed by atoms with E-state index in [0.29, 0.717) is 11.3 Å². The maximum absolute atomic E-state index is 12.1. The molecule has 3 atom stereocenters. The minimum atomic E-state index is -0.674. The van der Waals surface area contributed by atoms with Gasteiger partial charge in [-0.1, -0.05) is 13.3 Å². The summed E-state index contributed by atoms with van der Waals surface area (Å²) in [7, 11) is 3.38. The Balaban J connectivity index is 0.00000364. The predicted octanol–water partition coefficient (Wildman–Crippen LogP) is 1.88. The van der Waals surface area contributed by atoms with Gasteiger partial charge in [-0.15, -0.1) is 24.0 Å². The lowest BCUT2D eigenvalue weighted by atomic mass is 9.95. The first-order chi connectivity index (χ1) is 12.6. The van der Waals surface area contributed by atoms with E-state index in [1.807, 2.05) is 14.0 Å². The molecule has 1 saturated heterocycles. The van der Waals surface area contributed by atoms with Gasteiger partial charge in [0.2, 0.25) is 0 Å². The molecule has 6 nitrogen and oxygen atoms in total. The Bertz CT molecular complexity index is 465. The van der Waals surface area contributed by atoms with Crippen molar-refractivity contribution in [2.45, 2.75) is 56.7 Å². The van der Waals surface area contributed by atoms with Crippen LogP contribution < -0.4 is 10.6 Å². The third-order valence-electron chi connectivity index (χ3n) is 5.60. The second kappa shape index (κ2) is 14.1. The van der Waals surface area contributed by atoms with Gasteiger partial charge in [-0.05, 0) is 58.8 Å². The summed E-state index contributed by atoms with van der Waals surface area (Å²) in [6.45, 7) is 8.92. The van der Waals surface area contributed by atoms with Crippen LogP contribution in [0.4, 0.5) is 0 Å². The van der Waals surface area contributed by atoms with Crippen LogP contribution in [0.2, 0.25) is 0 Å². The molecule has 0 radical (unpaired) electrons. The minimum absolute atomic E-state index is 0. The van der Waals surface area contributed by atoms with Crippen molar-refractivity contribution in [3.63, 3.8) is 0 Å². The van der Waals surface area contributed by atoms with Crippen LogP contribution in [0.3, 0.4) is 0 Å². The van der Waals surface area contributed by atoms with Crippen LogP contribution in [0.5, 0.6) is 0 Å². The molecular formula is C19H40IN5OS. The molecule has 2 N–H and O–H groups in total. The number of nitrogens with one attached hydrogen (secondary N) is 2. The first kappa shape index (κ1) is 25.1. The van der Waals surface area contributed by atoms with E-state index >= 15 is 0 Å². The van der Waals surface area contributed by atoms with Crippen molar-refractivity contribution < 1.29 is 4.21 Å². The highest BCUT2D eigenvalue weighted by Gasteiger charge is 2.26. The maximum atomic E-state index is 12.1. The number of guanidine groups is 1. The predicted molar refractivity (Wildman–Crippen MR) is 128 cm³/mol. The lowest BCUT2D eigenvalue weighted by Crippen LogP contribution is -2.47. The first-order valence-electron chi connectivity index (χ1n) is 10.4. The molecule has 2 fully saturated rings. The Morgan fingerprint density at radius 2 is 2.00 bits per heavy atom. The fraction of sp³-hybridized carbons (Fsp3) is 0.947. The van der Waals surface area contributed by atoms with Gasteiger partial charge in [0, 0.05) is 54.5 Å². The summed E-state index contributed by atoms with van der Waals surface area (Å²) in [6.07, 6.45) is 6.83. The summed E-state index contributed by atoms with van der Waals surface area (Å²) in [5.41, 5.74) is 0. The molecule has 0 amide bonds. The summed E-state index contributed by atoms with van der Waals surface area (Å²) in [4.78, 5) is 9.38. The van der Waals surface area contributed by atoms with E-state index in [4.69, 9.17) is 0 Å². The van der Waals surface area contributed by atoms with Gasteiger partial charge < -0.3 is 20.4 Å². The number of halogens is 1. The quantitative estimate of drug-likeness (QED) is 0.236. The number of rotatable bonds is 7. The van der Waals surface area contributed by atoms with Gasteiger partial charge in [-0.25, -0.2) is 0 Å². The van der Waals surface area contributed by atoms with Crippen molar-refractivity contribution in [2.24, 2.45) is 4.99 Å². The van der Waals surface area contributed by atoms with Gasteiger partial charge >= 0.3 is 0 Å². The second-order valence-corrected chi connectivity index (χ2v) is 9.66. The average molecular weight is 514 g/mol. The number of aliphatic imine (C=N–C) groups is 1. The standard InChI is InChI=1S/C19H39N5OS.HI/c1-4-26(25)18-9-5-8-17(16-18)22-19(20-2)21-10-6-12-24-13-7-11-23(3)14-15-24;/h17-18H,4-16H2,1-3H3,(H2,20,21,22);1H. The molecule has 0 aromatic heterocycles. The van der Waals surface area contributed by atoms with Crippen molar-refractivity contribution in [1.29, 1.82) is 0 Å². The molecule has 2 rings (SSSR count). The van der Waals surface area contributed by atoms with Gasteiger partial charge in [0.15, 0.2) is 5.96 Å². The minimum Gasteiger partial charge on any atom is -0.356 e. The van der Waals surface area contributed by atoms with Crippen LogP contribution in [-0.4, -0.2) is 90.4 Å². The fourth-order valence-electron chi connectivity index (χ4n) is 3.97. The Morgan fingerprint density at radius 3 is 2.74 bits per heavy atom. The molecule has 0 spiro atoms. The van der Waals surface area contributed by atoms with Crippen LogP contribution in [0.15, 0.2) is 4.99 Å². The van der Waals surface area contributed by atoms with E-state index in [2.05, 4.69) is 32.5 Å². The normalized spacial score (nSPS) is 26.7. The van der Waals surface area contributed by atoms with Gasteiger partial charge in [0.25, 0.3) is 0 Å². The summed E-state index contributed by atoms with van der Waals surface area (Å²) < 4.78 is 12.1. The molecule has 2 aliphatic rings. The van der Waals surface area contributed by atoms with Crippen LogP contribution in [0, 0.1) is 0 Å². The number of nitrogens with zero attached hydrogens (tertiary/aromatic N) is 3. The molecule has 27 heavy (non-hydrogen) atoms. The molecule has 8 heteroatoms. The topological polar surface area (TPSA) is 60.0 Å². The zero-order valence-corrected chi connectivity index (χ0v) is 20.6. The van der Waals surface area contributed by atoms with E-state index in [0.717, 1.165) is 56.9 Å². The maximum Gasteiger partial charge on any atom is 0.191 e. The molecule has 160 valence electrons. The number of hydrogen-bond acceptors (Lipinski definition) is 4. The fourth-order valence-corrected chi connectivity index (χ4v) is 5.32. The number of likely N-dealkylation sites (N-methyl/N-ethyl adjacent to an activating group) is 1. The van der Waals surface area contributed by atoms with Crippen molar-refractivity contribution in [3.8, 4) is 0 Å². The highest BCUT2D eigenvalue weighted by molar-refractivity contribution is 14.0. The average Bonchev–Trinajstić information content (AvgIpc) is 2.88. The Morgan fingerprint density at radius 1 is 1.19 bits per heavy atom. The zero-order valence-electron chi connectivity index (χ0n) is 17.4. The van der Waals surface area contributed by atoms with Gasteiger partial charge in [0.05, 0.1) is 0 Å². The lowest BCUT2D eigenvalue weighted by Gasteiger charge is -2.30. The van der Waals surface area contributed by atoms with Crippen molar-refractivity contribution >= 4 is 40.7 Å². The molecule has 0 bridgehead atoms. The van der Waals surface area contributed by atoms with Gasteiger partial charge in [0.1, 0.15) is 0 Å². The van der Waals surface area contributed by atoms with Crippen molar-refractivity contribution in [2.75, 3.05) is 59.1 Å². The molecule has 3 unspecified atom stereocenters. The summed E-state index contributed by atoms with van der Waals surface area (Å²) in [5, 5.41) is 7.37. The van der Waals surface area contributed by atoms with Crippen molar-refractivity contribution in [3.05, 3.63) is 0 Å². The van der Waals surface area contributed by atoms with Crippen molar-refractivity contribution in [1.82, 2.24) is 20.4 Å².